The van der Waals surface area contributed by atoms with Gasteiger partial charge in [0.1, 0.15) is 5.83 Å². The number of aldehydes is 1. The smallest absolute Gasteiger partial charge is 0.155 e. The zero-order chi connectivity index (χ0) is 9.19. The number of nitrogens with one attached hydrogen (secondary N) is 1. The quantitative estimate of drug-likeness (QED) is 0.627. The minimum absolute atomic E-state index is 0.0121. The summed E-state index contributed by atoms with van der Waals surface area (Å²) >= 11 is 0. The molecule has 0 aromatic rings. The van der Waals surface area contributed by atoms with Crippen LogP contribution in [0, 0.1) is 0 Å². The van der Waals surface area contributed by atoms with E-state index in [0.717, 1.165) is 6.20 Å². The van der Waals surface area contributed by atoms with Crippen molar-refractivity contribution in [2.45, 2.75) is 12.6 Å². The fraction of sp³-hybridized carbons (Fsp3) is 0.375. The monoisotopic (exact) mass is 171 g/mol. The second-order valence-corrected chi connectivity index (χ2v) is 2.67. The predicted molar refractivity (Wildman–Crippen MR) is 41.9 cm³/mol. The van der Waals surface area contributed by atoms with Gasteiger partial charge in [0, 0.05) is 13.3 Å². The summed E-state index contributed by atoms with van der Waals surface area (Å²) in [5, 5.41) is 2.66. The summed E-state index contributed by atoms with van der Waals surface area (Å²) < 4.78 is 17.8. The van der Waals surface area contributed by atoms with Gasteiger partial charge in [-0.05, 0) is 13.0 Å². The highest BCUT2D eigenvalue weighted by Crippen LogP contribution is 2.20. The third-order valence-electron chi connectivity index (χ3n) is 1.74. The Bertz CT molecular complexity index is 260. The number of carbonyl (C=O) groups excluding carboxylic acids is 1. The van der Waals surface area contributed by atoms with Crippen LogP contribution in [0.2, 0.25) is 0 Å². The minimum Gasteiger partial charge on any atom is -0.358 e. The van der Waals surface area contributed by atoms with Gasteiger partial charge in [-0.25, -0.2) is 4.39 Å². The Labute approximate surface area is 69.9 Å². The van der Waals surface area contributed by atoms with Crippen molar-refractivity contribution in [3.8, 4) is 0 Å². The highest BCUT2D eigenvalue weighted by molar-refractivity contribution is 5.79. The van der Waals surface area contributed by atoms with E-state index in [0.29, 0.717) is 6.29 Å². The first-order valence-corrected chi connectivity index (χ1v) is 3.48. The molecule has 0 amide bonds. The summed E-state index contributed by atoms with van der Waals surface area (Å²) in [5.74, 6) is -0.570. The lowest BCUT2D eigenvalue weighted by Crippen LogP contribution is -2.41. The molecule has 12 heavy (non-hydrogen) atoms. The third-order valence-corrected chi connectivity index (χ3v) is 1.74. The van der Waals surface area contributed by atoms with Crippen molar-refractivity contribution in [1.82, 2.24) is 5.32 Å². The molecule has 3 nitrogen and oxygen atoms in total. The molecule has 0 saturated carbocycles. The molecule has 0 bridgehead atoms. The van der Waals surface area contributed by atoms with Crippen LogP contribution in [0.1, 0.15) is 6.92 Å². The van der Waals surface area contributed by atoms with E-state index < -0.39 is 11.6 Å². The zero-order valence-electron chi connectivity index (χ0n) is 6.93. The number of carbonyl (C=O) groups is 1. The molecular formula is C8H10FNO2. The molecule has 0 fully saturated rings. The lowest BCUT2D eigenvalue weighted by Gasteiger charge is -2.28. The van der Waals surface area contributed by atoms with Crippen LogP contribution < -0.4 is 5.32 Å². The molecule has 0 aromatic heterocycles. The van der Waals surface area contributed by atoms with Gasteiger partial charge < -0.3 is 10.1 Å². The van der Waals surface area contributed by atoms with Crippen molar-refractivity contribution in [3.63, 3.8) is 0 Å². The largest absolute Gasteiger partial charge is 0.358 e. The Kier molecular flexibility index (Phi) is 2.28. The van der Waals surface area contributed by atoms with Gasteiger partial charge in [-0.15, -0.1) is 0 Å². The molecule has 4 heteroatoms. The Hall–Kier alpha value is -1.16. The first kappa shape index (κ1) is 8.93. The number of allylic oxidation sites excluding steroid dienone is 2. The van der Waals surface area contributed by atoms with E-state index in [1.165, 1.54) is 13.2 Å². The third kappa shape index (κ3) is 1.53. The summed E-state index contributed by atoms with van der Waals surface area (Å²) in [6, 6.07) is 0. The SMILES string of the molecule is CO[C@@]1(C)C=C(C=O)C(F)=CN1. The second kappa shape index (κ2) is 3.06. The number of hydrogen-bond acceptors (Lipinski definition) is 3. The molecule has 0 saturated heterocycles. The van der Waals surface area contributed by atoms with Gasteiger partial charge in [0.15, 0.2) is 12.0 Å². The van der Waals surface area contributed by atoms with E-state index in [-0.39, 0.29) is 5.57 Å². The normalized spacial score (nSPS) is 28.6. The molecule has 1 rings (SSSR count). The topological polar surface area (TPSA) is 38.3 Å². The Morgan fingerprint density at radius 3 is 2.92 bits per heavy atom. The van der Waals surface area contributed by atoms with Crippen LogP contribution in [0.5, 0.6) is 0 Å². The molecule has 66 valence electrons. The summed E-state index contributed by atoms with van der Waals surface area (Å²) in [4.78, 5) is 10.3. The van der Waals surface area contributed by atoms with E-state index in [2.05, 4.69) is 5.32 Å². The lowest BCUT2D eigenvalue weighted by molar-refractivity contribution is -0.105. The van der Waals surface area contributed by atoms with Crippen LogP contribution in [-0.2, 0) is 9.53 Å². The molecule has 0 aromatic carbocycles. The number of rotatable bonds is 2. The first-order valence-electron chi connectivity index (χ1n) is 3.48. The van der Waals surface area contributed by atoms with Gasteiger partial charge >= 0.3 is 0 Å². The van der Waals surface area contributed by atoms with Crippen LogP contribution in [0.25, 0.3) is 0 Å². The van der Waals surface area contributed by atoms with Gasteiger partial charge in [-0.1, -0.05) is 0 Å². The average Bonchev–Trinajstić information content (AvgIpc) is 2.10. The molecule has 1 aliphatic rings. The van der Waals surface area contributed by atoms with Crippen molar-refractivity contribution in [3.05, 3.63) is 23.7 Å². The Balaban J connectivity index is 2.94. The number of hydrogen-bond donors (Lipinski definition) is 1. The van der Waals surface area contributed by atoms with Crippen molar-refractivity contribution < 1.29 is 13.9 Å². The fourth-order valence-corrected chi connectivity index (χ4v) is 0.906. The Morgan fingerprint density at radius 2 is 2.42 bits per heavy atom. The van der Waals surface area contributed by atoms with Crippen molar-refractivity contribution >= 4 is 6.29 Å². The van der Waals surface area contributed by atoms with Crippen LogP contribution in [0.4, 0.5) is 4.39 Å². The van der Waals surface area contributed by atoms with Crippen LogP contribution in [-0.4, -0.2) is 19.1 Å². The van der Waals surface area contributed by atoms with Gasteiger partial charge in [0.25, 0.3) is 0 Å². The maximum absolute atomic E-state index is 12.8. The summed E-state index contributed by atoms with van der Waals surface area (Å²) in [5.41, 5.74) is -0.774. The standard InChI is InChI=1S/C8H10FNO2/c1-8(12-2)3-6(5-11)7(9)4-10-8/h3-5,10H,1-2H3/t8-/m0/s1. The maximum atomic E-state index is 12.8. The summed E-state index contributed by atoms with van der Waals surface area (Å²) in [7, 11) is 1.48. The Morgan fingerprint density at radius 1 is 1.75 bits per heavy atom. The maximum Gasteiger partial charge on any atom is 0.155 e. The van der Waals surface area contributed by atoms with Crippen molar-refractivity contribution in [1.29, 1.82) is 0 Å². The second-order valence-electron chi connectivity index (χ2n) is 2.67. The molecule has 0 unspecified atom stereocenters. The molecule has 1 aliphatic heterocycles. The summed E-state index contributed by atoms with van der Waals surface area (Å²) in [6.07, 6.45) is 2.98. The van der Waals surface area contributed by atoms with E-state index in [1.807, 2.05) is 0 Å². The summed E-state index contributed by atoms with van der Waals surface area (Å²) in [6.45, 7) is 1.69. The number of methoxy groups -OCH3 is 1. The highest BCUT2D eigenvalue weighted by Gasteiger charge is 2.24. The van der Waals surface area contributed by atoms with Crippen LogP contribution in [0.15, 0.2) is 23.7 Å². The average molecular weight is 171 g/mol. The van der Waals surface area contributed by atoms with E-state index in [9.17, 15) is 9.18 Å². The van der Waals surface area contributed by atoms with Gasteiger partial charge in [0.05, 0.1) is 5.57 Å². The fourth-order valence-electron chi connectivity index (χ4n) is 0.906. The lowest BCUT2D eigenvalue weighted by atomic mass is 10.1. The van der Waals surface area contributed by atoms with Gasteiger partial charge in [0.2, 0.25) is 0 Å². The van der Waals surface area contributed by atoms with Gasteiger partial charge in [-0.2, -0.15) is 0 Å². The number of halogens is 1. The van der Waals surface area contributed by atoms with Gasteiger partial charge in [-0.3, -0.25) is 4.79 Å². The van der Waals surface area contributed by atoms with Crippen LogP contribution in [0.3, 0.4) is 0 Å². The number of dihydropyridines is 1. The molecule has 0 spiro atoms. The molecule has 1 heterocycles. The van der Waals surface area contributed by atoms with E-state index >= 15 is 0 Å². The number of ether oxygens (including phenoxy) is 1. The first-order chi connectivity index (χ1) is 5.61. The van der Waals surface area contributed by atoms with Crippen molar-refractivity contribution in [2.75, 3.05) is 7.11 Å². The highest BCUT2D eigenvalue weighted by atomic mass is 19.1. The zero-order valence-corrected chi connectivity index (χ0v) is 6.93. The molecule has 0 aliphatic carbocycles. The molecule has 1 atom stereocenters. The minimum atomic E-state index is -0.786. The molecular weight excluding hydrogens is 161 g/mol. The van der Waals surface area contributed by atoms with Crippen molar-refractivity contribution in [2.24, 2.45) is 0 Å². The van der Waals surface area contributed by atoms with Crippen LogP contribution >= 0.6 is 0 Å². The predicted octanol–water partition coefficient (Wildman–Crippen LogP) is 0.888. The molecule has 1 N–H and O–H groups in total. The molecule has 0 radical (unpaired) electrons. The van der Waals surface area contributed by atoms with E-state index in [4.69, 9.17) is 4.74 Å². The van der Waals surface area contributed by atoms with E-state index in [1.54, 1.807) is 6.92 Å².